The number of amides is 1. The number of nitrogen functional groups attached to an aromatic ring is 1. The summed E-state index contributed by atoms with van der Waals surface area (Å²) >= 11 is 0. The zero-order chi connectivity index (χ0) is 17.8. The summed E-state index contributed by atoms with van der Waals surface area (Å²) in [5, 5.41) is 2.50. The number of anilines is 1. The number of ketones is 1. The largest absolute Gasteiger partial charge is 0.398 e. The lowest BCUT2D eigenvalue weighted by Gasteiger charge is -2.01. The number of hydrogen-bond donors (Lipinski definition) is 2. The lowest BCUT2D eigenvalue weighted by atomic mass is 10.1. The second-order valence-corrected chi connectivity index (χ2v) is 4.54. The summed E-state index contributed by atoms with van der Waals surface area (Å²) in [6, 6.07) is 14.6. The van der Waals surface area contributed by atoms with Crippen LogP contribution in [0.25, 0.3) is 0 Å². The number of aryl methyl sites for hydroxylation is 1. The van der Waals surface area contributed by atoms with Crippen LogP contribution in [0, 0.1) is 6.92 Å². The van der Waals surface area contributed by atoms with Gasteiger partial charge >= 0.3 is 0 Å². The molecule has 124 valence electrons. The number of rotatable bonds is 2. The van der Waals surface area contributed by atoms with Gasteiger partial charge in [0.15, 0.2) is 5.78 Å². The molecule has 0 saturated heterocycles. The minimum Gasteiger partial charge on any atom is -0.398 e. The van der Waals surface area contributed by atoms with Gasteiger partial charge in [-0.3, -0.25) is 9.59 Å². The van der Waals surface area contributed by atoms with Gasteiger partial charge in [-0.2, -0.15) is 0 Å². The first-order valence-electron chi connectivity index (χ1n) is 7.60. The Labute approximate surface area is 138 Å². The monoisotopic (exact) mass is 314 g/mol. The zero-order valence-electron chi connectivity index (χ0n) is 14.5. The highest BCUT2D eigenvalue weighted by atomic mass is 16.1. The summed E-state index contributed by atoms with van der Waals surface area (Å²) in [4.78, 5) is 21.9. The van der Waals surface area contributed by atoms with Gasteiger partial charge in [0.05, 0.1) is 5.56 Å². The number of Topliss-reactive ketones (excluding diaryl/α,β-unsaturated/α-hetero) is 1. The maximum Gasteiger partial charge on any atom is 0.253 e. The first-order valence-corrected chi connectivity index (χ1v) is 7.60. The molecule has 0 radical (unpaired) electrons. The van der Waals surface area contributed by atoms with Crippen LogP contribution in [0.2, 0.25) is 0 Å². The van der Waals surface area contributed by atoms with Gasteiger partial charge in [0.2, 0.25) is 0 Å². The summed E-state index contributed by atoms with van der Waals surface area (Å²) < 4.78 is 0. The molecule has 0 aliphatic rings. The minimum atomic E-state index is -0.150. The van der Waals surface area contributed by atoms with Gasteiger partial charge in [-0.1, -0.05) is 50.2 Å². The van der Waals surface area contributed by atoms with Crippen molar-refractivity contribution in [2.75, 3.05) is 12.8 Å². The molecule has 23 heavy (non-hydrogen) atoms. The van der Waals surface area contributed by atoms with Crippen LogP contribution in [-0.4, -0.2) is 18.7 Å². The molecule has 2 aromatic carbocycles. The second-order valence-electron chi connectivity index (χ2n) is 4.54. The van der Waals surface area contributed by atoms with Crippen molar-refractivity contribution >= 4 is 17.4 Å². The Hall–Kier alpha value is -2.62. The van der Waals surface area contributed by atoms with E-state index in [2.05, 4.69) is 5.32 Å². The molecule has 0 spiro atoms. The van der Waals surface area contributed by atoms with Crippen molar-refractivity contribution in [2.24, 2.45) is 0 Å². The Bertz CT molecular complexity index is 637. The van der Waals surface area contributed by atoms with Crippen LogP contribution >= 0.6 is 0 Å². The molecule has 0 saturated carbocycles. The highest BCUT2D eigenvalue weighted by Gasteiger charge is 2.04. The number of hydrogen-bond acceptors (Lipinski definition) is 3. The van der Waals surface area contributed by atoms with Crippen molar-refractivity contribution in [2.45, 2.75) is 27.7 Å². The van der Waals surface area contributed by atoms with E-state index in [-0.39, 0.29) is 11.7 Å². The zero-order valence-corrected chi connectivity index (χ0v) is 14.5. The van der Waals surface area contributed by atoms with Crippen LogP contribution in [0.3, 0.4) is 0 Å². The average Bonchev–Trinajstić information content (AvgIpc) is 2.57. The van der Waals surface area contributed by atoms with Gasteiger partial charge in [-0.15, -0.1) is 0 Å². The fraction of sp³-hybridized carbons (Fsp3) is 0.263. The molecule has 2 rings (SSSR count). The highest BCUT2D eigenvalue weighted by Crippen LogP contribution is 2.09. The minimum absolute atomic E-state index is 0.137. The Balaban J connectivity index is 0.000000381. The standard InChI is InChI=1S/C9H10O.C8H10N2O.C2H6/c1-7-5-3-4-6-9(7)8(2)10;1-10-8(11)6-4-2-3-5-7(6)9;1-2/h3-6H,1-2H3;2-5H,9H2,1H3,(H,10,11);1-2H3. The molecule has 0 aliphatic heterocycles. The molecule has 2 aromatic rings. The van der Waals surface area contributed by atoms with Crippen molar-refractivity contribution in [1.29, 1.82) is 0 Å². The number of nitrogens with one attached hydrogen (secondary N) is 1. The van der Waals surface area contributed by atoms with E-state index in [1.807, 2.05) is 45.0 Å². The SMILES string of the molecule is CC.CC(=O)c1ccccc1C.CNC(=O)c1ccccc1N. The van der Waals surface area contributed by atoms with E-state index in [1.165, 1.54) is 0 Å². The molecular weight excluding hydrogens is 288 g/mol. The van der Waals surface area contributed by atoms with Crippen LogP contribution in [0.5, 0.6) is 0 Å². The summed E-state index contributed by atoms with van der Waals surface area (Å²) in [5.41, 5.74) is 8.44. The predicted octanol–water partition coefficient (Wildman–Crippen LogP) is 3.85. The molecule has 3 N–H and O–H groups in total. The third-order valence-electron chi connectivity index (χ3n) is 2.96. The van der Waals surface area contributed by atoms with Crippen LogP contribution in [-0.2, 0) is 0 Å². The number of nitrogens with two attached hydrogens (primary N) is 1. The van der Waals surface area contributed by atoms with Gasteiger partial charge in [-0.25, -0.2) is 0 Å². The molecule has 0 bridgehead atoms. The van der Waals surface area contributed by atoms with Crippen LogP contribution in [0.1, 0.15) is 47.1 Å². The number of benzene rings is 2. The Morgan fingerprint density at radius 1 is 0.913 bits per heavy atom. The highest BCUT2D eigenvalue weighted by molar-refractivity contribution is 5.98. The molecule has 4 heteroatoms. The van der Waals surface area contributed by atoms with Gasteiger partial charge in [0, 0.05) is 18.3 Å². The molecule has 0 aromatic heterocycles. The van der Waals surface area contributed by atoms with E-state index < -0.39 is 0 Å². The Morgan fingerprint density at radius 2 is 1.39 bits per heavy atom. The maximum atomic E-state index is 11.0. The fourth-order valence-corrected chi connectivity index (χ4v) is 1.81. The first kappa shape index (κ1) is 20.4. The van der Waals surface area contributed by atoms with Crippen LogP contribution in [0.15, 0.2) is 48.5 Å². The topological polar surface area (TPSA) is 72.2 Å². The van der Waals surface area contributed by atoms with E-state index in [0.717, 1.165) is 11.1 Å². The molecule has 1 amide bonds. The van der Waals surface area contributed by atoms with E-state index in [1.54, 1.807) is 38.2 Å². The second kappa shape index (κ2) is 11.0. The van der Waals surface area contributed by atoms with E-state index in [0.29, 0.717) is 11.3 Å². The van der Waals surface area contributed by atoms with E-state index in [4.69, 9.17) is 5.73 Å². The molecule has 0 aliphatic carbocycles. The summed E-state index contributed by atoms with van der Waals surface area (Å²) in [7, 11) is 1.58. The molecule has 0 fully saturated rings. The Morgan fingerprint density at radius 3 is 1.78 bits per heavy atom. The number of carbonyl (C=O) groups is 2. The van der Waals surface area contributed by atoms with Gasteiger partial charge in [0.1, 0.15) is 0 Å². The maximum absolute atomic E-state index is 11.0. The predicted molar refractivity (Wildman–Crippen MR) is 96.8 cm³/mol. The Kier molecular flexibility index (Phi) is 9.76. The van der Waals surface area contributed by atoms with Crippen LogP contribution in [0.4, 0.5) is 5.69 Å². The van der Waals surface area contributed by atoms with Crippen molar-refractivity contribution in [1.82, 2.24) is 5.32 Å². The molecule has 4 nitrogen and oxygen atoms in total. The van der Waals surface area contributed by atoms with Crippen molar-refractivity contribution in [3.8, 4) is 0 Å². The van der Waals surface area contributed by atoms with Gasteiger partial charge in [-0.05, 0) is 31.5 Å². The molecule has 0 unspecified atom stereocenters. The number of para-hydroxylation sites is 1. The fourth-order valence-electron chi connectivity index (χ4n) is 1.81. The van der Waals surface area contributed by atoms with Crippen molar-refractivity contribution < 1.29 is 9.59 Å². The van der Waals surface area contributed by atoms with Crippen molar-refractivity contribution in [3.05, 3.63) is 65.2 Å². The third-order valence-corrected chi connectivity index (χ3v) is 2.96. The van der Waals surface area contributed by atoms with Gasteiger partial charge < -0.3 is 11.1 Å². The summed E-state index contributed by atoms with van der Waals surface area (Å²) in [5.74, 6) is -0.0128. The normalized spacial score (nSPS) is 8.74. The van der Waals surface area contributed by atoms with Crippen molar-refractivity contribution in [3.63, 3.8) is 0 Å². The quantitative estimate of drug-likeness (QED) is 0.653. The lowest BCUT2D eigenvalue weighted by molar-refractivity contribution is 0.0962. The molecular formula is C19H26N2O2. The first-order chi connectivity index (χ1) is 11.0. The van der Waals surface area contributed by atoms with Gasteiger partial charge in [0.25, 0.3) is 5.91 Å². The summed E-state index contributed by atoms with van der Waals surface area (Å²) in [6.07, 6.45) is 0. The van der Waals surface area contributed by atoms with Crippen LogP contribution < -0.4 is 11.1 Å². The number of carbonyl (C=O) groups excluding carboxylic acids is 2. The smallest absolute Gasteiger partial charge is 0.253 e. The lowest BCUT2D eigenvalue weighted by Crippen LogP contribution is -2.19. The molecule has 0 heterocycles. The van der Waals surface area contributed by atoms with E-state index >= 15 is 0 Å². The average molecular weight is 314 g/mol. The third kappa shape index (κ3) is 6.78. The van der Waals surface area contributed by atoms with E-state index in [9.17, 15) is 9.59 Å². The molecule has 0 atom stereocenters. The summed E-state index contributed by atoms with van der Waals surface area (Å²) in [6.45, 7) is 7.53.